The lowest BCUT2D eigenvalue weighted by atomic mass is 10.3. The molecule has 2 aliphatic heterocycles. The van der Waals surface area contributed by atoms with Crippen molar-refractivity contribution in [3.63, 3.8) is 0 Å². The monoisotopic (exact) mass is 141 g/mol. The van der Waals surface area contributed by atoms with Crippen LogP contribution >= 0.6 is 0 Å². The first kappa shape index (κ1) is 6.00. The lowest BCUT2D eigenvalue weighted by Crippen LogP contribution is -2.43. The highest BCUT2D eigenvalue weighted by atomic mass is 16.5. The molecule has 2 aliphatic rings. The Bertz CT molecular complexity index is 135. The maximum Gasteiger partial charge on any atom is 0.187 e. The molecule has 0 aliphatic carbocycles. The third-order valence-corrected chi connectivity index (χ3v) is 1.61. The van der Waals surface area contributed by atoms with E-state index < -0.39 is 0 Å². The fourth-order valence-electron chi connectivity index (χ4n) is 1.06. The summed E-state index contributed by atoms with van der Waals surface area (Å²) in [7, 11) is 0. The van der Waals surface area contributed by atoms with E-state index in [1.54, 1.807) is 6.20 Å². The van der Waals surface area contributed by atoms with E-state index in [9.17, 15) is 0 Å². The Morgan fingerprint density at radius 1 is 1.60 bits per heavy atom. The Morgan fingerprint density at radius 2 is 2.60 bits per heavy atom. The Morgan fingerprint density at radius 3 is 3.20 bits per heavy atom. The normalized spacial score (nSPS) is 37.6. The second kappa shape index (κ2) is 2.48. The summed E-state index contributed by atoms with van der Waals surface area (Å²) in [5, 5.41) is 6.13. The largest absolute Gasteiger partial charge is 0.463 e. The lowest BCUT2D eigenvalue weighted by Gasteiger charge is -2.16. The molecule has 2 N–H and O–H groups in total. The van der Waals surface area contributed by atoms with Crippen molar-refractivity contribution in [2.24, 2.45) is 0 Å². The summed E-state index contributed by atoms with van der Waals surface area (Å²) in [5.74, 6) is 0. The zero-order valence-electron chi connectivity index (χ0n) is 5.46. The van der Waals surface area contributed by atoms with Crippen molar-refractivity contribution in [2.45, 2.75) is 12.3 Å². The van der Waals surface area contributed by atoms with Crippen molar-refractivity contribution in [2.75, 3.05) is 13.3 Å². The molecule has 1 fully saturated rings. The van der Waals surface area contributed by atoms with Gasteiger partial charge in [0.1, 0.15) is 0 Å². The highest BCUT2D eigenvalue weighted by Gasteiger charge is 2.26. The van der Waals surface area contributed by atoms with Crippen molar-refractivity contribution in [1.82, 2.24) is 10.6 Å². The van der Waals surface area contributed by atoms with Gasteiger partial charge in [-0.3, -0.25) is 5.32 Å². The molecule has 0 amide bonds. The van der Waals surface area contributed by atoms with Crippen LogP contribution in [0.15, 0.2) is 6.20 Å². The van der Waals surface area contributed by atoms with Crippen molar-refractivity contribution >= 4 is 0 Å². The van der Waals surface area contributed by atoms with E-state index >= 15 is 0 Å². The summed E-state index contributed by atoms with van der Waals surface area (Å²) in [5.41, 5.74) is 0. The molecule has 55 valence electrons. The number of nitrogens with one attached hydrogen (secondary N) is 2. The fraction of sp³-hybridized carbons (Fsp3) is 0.667. The molecule has 0 spiro atoms. The molecule has 0 aromatic heterocycles. The van der Waals surface area contributed by atoms with Gasteiger partial charge in [-0.15, -0.1) is 0 Å². The summed E-state index contributed by atoms with van der Waals surface area (Å²) >= 11 is 0. The minimum absolute atomic E-state index is 0.00231. The van der Waals surface area contributed by atoms with Crippen molar-refractivity contribution in [3.8, 4) is 0 Å². The van der Waals surface area contributed by atoms with E-state index in [2.05, 4.69) is 16.9 Å². The SMILES string of the molecule is [C]1=CNC(C2COCN2)O1. The quantitative estimate of drug-likeness (QED) is 0.499. The van der Waals surface area contributed by atoms with Gasteiger partial charge in [-0.1, -0.05) is 0 Å². The molecular formula is C6H9N2O2. The zero-order valence-corrected chi connectivity index (χ0v) is 5.46. The van der Waals surface area contributed by atoms with Crippen molar-refractivity contribution in [1.29, 1.82) is 0 Å². The van der Waals surface area contributed by atoms with Crippen LogP contribution in [0.5, 0.6) is 0 Å². The number of ether oxygens (including phenoxy) is 2. The van der Waals surface area contributed by atoms with Gasteiger partial charge in [0.2, 0.25) is 0 Å². The van der Waals surface area contributed by atoms with Crippen LogP contribution in [0.1, 0.15) is 0 Å². The average Bonchev–Trinajstić information content (AvgIpc) is 2.59. The van der Waals surface area contributed by atoms with Crippen LogP contribution in [0.2, 0.25) is 0 Å². The maximum atomic E-state index is 5.10. The molecule has 0 saturated carbocycles. The van der Waals surface area contributed by atoms with E-state index in [1.165, 1.54) is 0 Å². The maximum absolute atomic E-state index is 5.10. The van der Waals surface area contributed by atoms with Crippen LogP contribution < -0.4 is 10.6 Å². The topological polar surface area (TPSA) is 42.5 Å². The first-order valence-electron chi connectivity index (χ1n) is 3.27. The number of hydrogen-bond donors (Lipinski definition) is 2. The minimum atomic E-state index is 0.00231. The van der Waals surface area contributed by atoms with Crippen molar-refractivity contribution in [3.05, 3.63) is 12.5 Å². The van der Waals surface area contributed by atoms with Crippen LogP contribution in [0.4, 0.5) is 0 Å². The predicted molar refractivity (Wildman–Crippen MR) is 33.6 cm³/mol. The second-order valence-electron chi connectivity index (χ2n) is 2.29. The van der Waals surface area contributed by atoms with Gasteiger partial charge in [0.05, 0.1) is 19.4 Å². The summed E-state index contributed by atoms with van der Waals surface area (Å²) in [6.45, 7) is 1.32. The number of hydrogen-bond acceptors (Lipinski definition) is 4. The van der Waals surface area contributed by atoms with E-state index in [4.69, 9.17) is 9.47 Å². The Hall–Kier alpha value is -0.740. The Kier molecular flexibility index (Phi) is 1.49. The molecule has 4 heteroatoms. The van der Waals surface area contributed by atoms with Crippen LogP contribution in [0, 0.1) is 6.26 Å². The van der Waals surface area contributed by atoms with Gasteiger partial charge in [0, 0.05) is 6.20 Å². The van der Waals surface area contributed by atoms with Gasteiger partial charge in [-0.2, -0.15) is 0 Å². The second-order valence-corrected chi connectivity index (χ2v) is 2.29. The zero-order chi connectivity index (χ0) is 6.81. The third kappa shape index (κ3) is 0.955. The molecule has 10 heavy (non-hydrogen) atoms. The molecule has 4 nitrogen and oxygen atoms in total. The van der Waals surface area contributed by atoms with Gasteiger partial charge >= 0.3 is 0 Å². The Balaban J connectivity index is 1.87. The van der Waals surface area contributed by atoms with Gasteiger partial charge in [0.15, 0.2) is 12.5 Å². The van der Waals surface area contributed by atoms with E-state index in [0.717, 1.165) is 0 Å². The van der Waals surface area contributed by atoms with Crippen molar-refractivity contribution < 1.29 is 9.47 Å². The van der Waals surface area contributed by atoms with E-state index in [1.807, 2.05) is 0 Å². The molecule has 0 aromatic rings. The smallest absolute Gasteiger partial charge is 0.187 e. The first-order valence-corrected chi connectivity index (χ1v) is 3.27. The number of rotatable bonds is 1. The molecule has 1 radical (unpaired) electrons. The van der Waals surface area contributed by atoms with Crippen LogP contribution in [-0.4, -0.2) is 25.6 Å². The molecule has 2 heterocycles. The fourth-order valence-corrected chi connectivity index (χ4v) is 1.06. The highest BCUT2D eigenvalue weighted by Crippen LogP contribution is 2.05. The minimum Gasteiger partial charge on any atom is -0.463 e. The lowest BCUT2D eigenvalue weighted by molar-refractivity contribution is 0.0959. The molecular weight excluding hydrogens is 132 g/mol. The van der Waals surface area contributed by atoms with Crippen LogP contribution in [0.3, 0.4) is 0 Å². The molecule has 2 rings (SSSR count). The highest BCUT2D eigenvalue weighted by molar-refractivity contribution is 4.86. The van der Waals surface area contributed by atoms with Gasteiger partial charge in [-0.25, -0.2) is 0 Å². The molecule has 0 aromatic carbocycles. The van der Waals surface area contributed by atoms with E-state index in [-0.39, 0.29) is 12.3 Å². The summed E-state index contributed by atoms with van der Waals surface area (Å²) in [6, 6.07) is 0.256. The van der Waals surface area contributed by atoms with Crippen LogP contribution in [-0.2, 0) is 9.47 Å². The van der Waals surface area contributed by atoms with E-state index in [0.29, 0.717) is 13.3 Å². The van der Waals surface area contributed by atoms with Crippen LogP contribution in [0.25, 0.3) is 0 Å². The third-order valence-electron chi connectivity index (χ3n) is 1.61. The molecule has 2 atom stereocenters. The van der Waals surface area contributed by atoms with Gasteiger partial charge in [-0.05, 0) is 0 Å². The molecule has 2 unspecified atom stereocenters. The van der Waals surface area contributed by atoms with Gasteiger partial charge < -0.3 is 14.8 Å². The predicted octanol–water partition coefficient (Wildman–Crippen LogP) is -0.847. The summed E-state index contributed by atoms with van der Waals surface area (Å²) < 4.78 is 10.2. The summed E-state index contributed by atoms with van der Waals surface area (Å²) in [6.07, 6.45) is 4.29. The van der Waals surface area contributed by atoms with Gasteiger partial charge in [0.25, 0.3) is 0 Å². The molecule has 0 bridgehead atoms. The molecule has 1 saturated heterocycles. The standard InChI is InChI=1S/C6H9N2O2/c1-2-10-6(7-1)5-3-9-4-8-5/h1,5-8H,3-4H2. The average molecular weight is 141 g/mol. The first-order chi connectivity index (χ1) is 4.97. The Labute approximate surface area is 59.2 Å². The summed E-state index contributed by atoms with van der Waals surface area (Å²) in [4.78, 5) is 0.